The van der Waals surface area contributed by atoms with Crippen LogP contribution in [0.25, 0.3) is 0 Å². The normalized spacial score (nSPS) is 26.9. The lowest BCUT2D eigenvalue weighted by molar-refractivity contribution is -0.149. The lowest BCUT2D eigenvalue weighted by Crippen LogP contribution is -2.39. The standard InChI is InChI=1S/C15H13F3N2O3/c16-15(17,18)11-3-9(4-19)1-2-12(11)20-5-10-6-23-8-14(10,7-20)13(21)22/h1-3,10H,5-8H2,(H,21,22)/t10-,14-/m1/s1. The Morgan fingerprint density at radius 3 is 2.78 bits per heavy atom. The van der Waals surface area contributed by atoms with E-state index in [1.165, 1.54) is 17.0 Å². The van der Waals surface area contributed by atoms with Crippen molar-refractivity contribution >= 4 is 11.7 Å². The van der Waals surface area contributed by atoms with Gasteiger partial charge in [-0.25, -0.2) is 0 Å². The number of anilines is 1. The number of rotatable bonds is 2. The van der Waals surface area contributed by atoms with E-state index in [1.54, 1.807) is 6.07 Å². The molecule has 8 heteroatoms. The van der Waals surface area contributed by atoms with Gasteiger partial charge in [0.1, 0.15) is 5.41 Å². The molecule has 0 spiro atoms. The molecule has 0 radical (unpaired) electrons. The molecule has 1 aromatic carbocycles. The van der Waals surface area contributed by atoms with Crippen LogP contribution in [0.3, 0.4) is 0 Å². The SMILES string of the molecule is N#Cc1ccc(N2C[C@@H]3COC[C@]3(C(=O)O)C2)c(C(F)(F)F)c1. The molecule has 3 rings (SSSR count). The van der Waals surface area contributed by atoms with Crippen LogP contribution in [-0.4, -0.2) is 37.4 Å². The van der Waals surface area contributed by atoms with Crippen LogP contribution in [0.2, 0.25) is 0 Å². The molecular weight excluding hydrogens is 313 g/mol. The molecule has 2 fully saturated rings. The first-order chi connectivity index (χ1) is 10.8. The number of alkyl halides is 3. The average molecular weight is 326 g/mol. The van der Waals surface area contributed by atoms with Crippen molar-refractivity contribution in [2.24, 2.45) is 11.3 Å². The van der Waals surface area contributed by atoms with E-state index in [0.717, 1.165) is 6.07 Å². The highest BCUT2D eigenvalue weighted by atomic mass is 19.4. The molecule has 2 aliphatic rings. The van der Waals surface area contributed by atoms with Gasteiger partial charge in [-0.2, -0.15) is 18.4 Å². The topological polar surface area (TPSA) is 73.6 Å². The zero-order valence-electron chi connectivity index (χ0n) is 11.9. The second kappa shape index (κ2) is 5.13. The molecule has 2 saturated heterocycles. The number of carboxylic acid groups (broad SMARTS) is 1. The number of nitrogens with zero attached hydrogens (tertiary/aromatic N) is 2. The van der Waals surface area contributed by atoms with Crippen molar-refractivity contribution in [1.29, 1.82) is 5.26 Å². The minimum Gasteiger partial charge on any atom is -0.481 e. The molecule has 5 nitrogen and oxygen atoms in total. The highest BCUT2D eigenvalue weighted by Crippen LogP contribution is 2.46. The molecule has 0 aromatic heterocycles. The second-order valence-electron chi connectivity index (χ2n) is 5.90. The lowest BCUT2D eigenvalue weighted by atomic mass is 9.81. The Labute approximate surface area is 129 Å². The maximum absolute atomic E-state index is 13.3. The van der Waals surface area contributed by atoms with Gasteiger partial charge in [-0.05, 0) is 18.2 Å². The van der Waals surface area contributed by atoms with Crippen LogP contribution < -0.4 is 4.90 Å². The quantitative estimate of drug-likeness (QED) is 0.901. The van der Waals surface area contributed by atoms with Crippen LogP contribution in [0.1, 0.15) is 11.1 Å². The lowest BCUT2D eigenvalue weighted by Gasteiger charge is -2.26. The number of ether oxygens (including phenoxy) is 1. The van der Waals surface area contributed by atoms with Gasteiger partial charge in [-0.3, -0.25) is 4.79 Å². The molecule has 23 heavy (non-hydrogen) atoms. The summed E-state index contributed by atoms with van der Waals surface area (Å²) in [5, 5.41) is 18.3. The fourth-order valence-corrected chi connectivity index (χ4v) is 3.33. The third-order valence-corrected chi connectivity index (χ3v) is 4.57. The highest BCUT2D eigenvalue weighted by Gasteiger charge is 2.57. The minimum atomic E-state index is -4.62. The number of halogens is 3. The van der Waals surface area contributed by atoms with Gasteiger partial charge in [0.15, 0.2) is 0 Å². The van der Waals surface area contributed by atoms with Crippen molar-refractivity contribution < 1.29 is 27.8 Å². The number of carboxylic acids is 1. The first-order valence-electron chi connectivity index (χ1n) is 6.95. The van der Waals surface area contributed by atoms with Gasteiger partial charge in [0.2, 0.25) is 0 Å². The number of aliphatic carboxylic acids is 1. The van der Waals surface area contributed by atoms with Crippen molar-refractivity contribution in [3.63, 3.8) is 0 Å². The van der Waals surface area contributed by atoms with E-state index >= 15 is 0 Å². The fourth-order valence-electron chi connectivity index (χ4n) is 3.33. The van der Waals surface area contributed by atoms with E-state index in [2.05, 4.69) is 0 Å². The van der Waals surface area contributed by atoms with Gasteiger partial charge in [0.05, 0.1) is 30.4 Å². The molecule has 0 amide bonds. The molecule has 0 bridgehead atoms. The summed E-state index contributed by atoms with van der Waals surface area (Å²) in [5.74, 6) is -1.40. The molecular formula is C15H13F3N2O3. The number of nitriles is 1. The second-order valence-corrected chi connectivity index (χ2v) is 5.90. The van der Waals surface area contributed by atoms with Gasteiger partial charge >= 0.3 is 12.1 Å². The van der Waals surface area contributed by atoms with Crippen molar-refractivity contribution in [1.82, 2.24) is 0 Å². The van der Waals surface area contributed by atoms with Crippen LogP contribution in [0.15, 0.2) is 18.2 Å². The number of carbonyl (C=O) groups is 1. The summed E-state index contributed by atoms with van der Waals surface area (Å²) >= 11 is 0. The Kier molecular flexibility index (Phi) is 3.48. The zero-order chi connectivity index (χ0) is 16.8. The molecule has 2 aliphatic heterocycles. The fraction of sp³-hybridized carbons (Fsp3) is 0.467. The van der Waals surface area contributed by atoms with E-state index in [9.17, 15) is 23.1 Å². The first kappa shape index (κ1) is 15.6. The molecule has 0 unspecified atom stereocenters. The Hall–Kier alpha value is -2.27. The Balaban J connectivity index is 2.01. The minimum absolute atomic E-state index is 0.00112. The van der Waals surface area contributed by atoms with E-state index in [0.29, 0.717) is 0 Å². The Morgan fingerprint density at radius 2 is 2.22 bits per heavy atom. The first-order valence-corrected chi connectivity index (χ1v) is 6.95. The van der Waals surface area contributed by atoms with E-state index in [-0.39, 0.29) is 43.5 Å². The van der Waals surface area contributed by atoms with Gasteiger partial charge in [0, 0.05) is 24.7 Å². The summed E-state index contributed by atoms with van der Waals surface area (Å²) < 4.78 is 45.1. The van der Waals surface area contributed by atoms with Crippen molar-refractivity contribution in [2.45, 2.75) is 6.18 Å². The summed E-state index contributed by atoms with van der Waals surface area (Å²) in [7, 11) is 0. The van der Waals surface area contributed by atoms with Gasteiger partial charge in [0.25, 0.3) is 0 Å². The van der Waals surface area contributed by atoms with E-state index in [1.807, 2.05) is 0 Å². The maximum atomic E-state index is 13.3. The van der Waals surface area contributed by atoms with Crippen molar-refractivity contribution in [3.05, 3.63) is 29.3 Å². The van der Waals surface area contributed by atoms with E-state index < -0.39 is 23.1 Å². The van der Waals surface area contributed by atoms with Gasteiger partial charge < -0.3 is 14.7 Å². The highest BCUT2D eigenvalue weighted by molar-refractivity contribution is 5.78. The molecule has 0 saturated carbocycles. The molecule has 0 aliphatic carbocycles. The average Bonchev–Trinajstić information content (AvgIpc) is 3.03. The smallest absolute Gasteiger partial charge is 0.418 e. The van der Waals surface area contributed by atoms with Crippen LogP contribution in [-0.2, 0) is 15.7 Å². The van der Waals surface area contributed by atoms with Crippen LogP contribution in [0.4, 0.5) is 18.9 Å². The molecule has 2 heterocycles. The van der Waals surface area contributed by atoms with E-state index in [4.69, 9.17) is 10.00 Å². The number of benzene rings is 1. The van der Waals surface area contributed by atoms with Gasteiger partial charge in [-0.15, -0.1) is 0 Å². The summed E-state index contributed by atoms with van der Waals surface area (Å²) in [6.07, 6.45) is -4.62. The number of hydrogen-bond acceptors (Lipinski definition) is 4. The summed E-state index contributed by atoms with van der Waals surface area (Å²) in [5.41, 5.74) is -2.27. The molecule has 1 aromatic rings. The number of fused-ring (bicyclic) bond motifs is 1. The van der Waals surface area contributed by atoms with Crippen LogP contribution in [0, 0.1) is 22.7 Å². The predicted molar refractivity (Wildman–Crippen MR) is 72.7 cm³/mol. The van der Waals surface area contributed by atoms with Crippen molar-refractivity contribution in [2.75, 3.05) is 31.2 Å². The van der Waals surface area contributed by atoms with Crippen LogP contribution >= 0.6 is 0 Å². The van der Waals surface area contributed by atoms with Crippen LogP contribution in [0.5, 0.6) is 0 Å². The summed E-state index contributed by atoms with van der Waals surface area (Å²) in [6.45, 7) is 0.366. The van der Waals surface area contributed by atoms with Crippen molar-refractivity contribution in [3.8, 4) is 6.07 Å². The van der Waals surface area contributed by atoms with Gasteiger partial charge in [-0.1, -0.05) is 0 Å². The summed E-state index contributed by atoms with van der Waals surface area (Å²) in [4.78, 5) is 13.0. The largest absolute Gasteiger partial charge is 0.481 e. The predicted octanol–water partition coefficient (Wildman–Crippen LogP) is 2.11. The third kappa shape index (κ3) is 2.41. The number of hydrogen-bond donors (Lipinski definition) is 1. The summed E-state index contributed by atoms with van der Waals surface area (Å²) in [6, 6.07) is 5.03. The molecule has 1 N–H and O–H groups in total. The maximum Gasteiger partial charge on any atom is 0.418 e. The Morgan fingerprint density at radius 1 is 1.48 bits per heavy atom. The molecule has 122 valence electrons. The Bertz CT molecular complexity index is 698. The third-order valence-electron chi connectivity index (χ3n) is 4.57. The molecule has 2 atom stereocenters. The zero-order valence-corrected chi connectivity index (χ0v) is 11.9. The monoisotopic (exact) mass is 326 g/mol.